The third kappa shape index (κ3) is 10.3. The van der Waals surface area contributed by atoms with Crippen LogP contribution in [0.15, 0.2) is 53.8 Å². The van der Waals surface area contributed by atoms with Gasteiger partial charge >= 0.3 is 0 Å². The molecule has 0 saturated heterocycles. The molecule has 0 spiro atoms. The van der Waals surface area contributed by atoms with Gasteiger partial charge in [0.2, 0.25) is 25.0 Å². The first-order valence-electron chi connectivity index (χ1n) is 9.05. The highest BCUT2D eigenvalue weighted by atomic mass is 35.5. The van der Waals surface area contributed by atoms with Crippen molar-refractivity contribution in [1.29, 1.82) is 0 Å². The van der Waals surface area contributed by atoms with E-state index in [9.17, 15) is 25.6 Å². The Morgan fingerprint density at radius 3 is 1.83 bits per heavy atom. The molecule has 0 aromatic carbocycles. The van der Waals surface area contributed by atoms with Crippen LogP contribution in [0.1, 0.15) is 40.3 Å². The van der Waals surface area contributed by atoms with E-state index in [4.69, 9.17) is 16.7 Å². The Kier molecular flexibility index (Phi) is 12.2. The summed E-state index contributed by atoms with van der Waals surface area (Å²) in [7, 11) is -7.52. The smallest absolute Gasteiger partial charge is 0.236 e. The van der Waals surface area contributed by atoms with Gasteiger partial charge in [-0.1, -0.05) is 14.9 Å². The lowest BCUT2D eigenvalue weighted by atomic mass is 10.2. The van der Waals surface area contributed by atoms with E-state index in [-0.39, 0.29) is 37.2 Å². The predicted octanol–water partition coefficient (Wildman–Crippen LogP) is 2.87. The summed E-state index contributed by atoms with van der Waals surface area (Å²) >= 11 is 6.17. The molecular weight excluding hydrogens is 540 g/mol. The molecule has 0 amide bonds. The summed E-state index contributed by atoms with van der Waals surface area (Å²) in [6, 6.07) is 1.50. The maximum Gasteiger partial charge on any atom is 0.247 e. The first-order valence-corrected chi connectivity index (χ1v) is 12.7. The first kappa shape index (κ1) is 33.0. The zero-order valence-electron chi connectivity index (χ0n) is 17.7. The molecule has 1 unspecified atom stereocenters. The topological polar surface area (TPSA) is 172 Å². The van der Waals surface area contributed by atoms with Gasteiger partial charge in [0.25, 0.3) is 0 Å². The van der Waals surface area contributed by atoms with E-state index in [2.05, 4.69) is 29.9 Å². The maximum atomic E-state index is 12.8. The van der Waals surface area contributed by atoms with Crippen molar-refractivity contribution in [3.8, 4) is 0 Å². The fourth-order valence-corrected chi connectivity index (χ4v) is 4.87. The highest BCUT2D eigenvalue weighted by Crippen LogP contribution is 2.28. The van der Waals surface area contributed by atoms with Crippen LogP contribution in [0.5, 0.6) is 0 Å². The van der Waals surface area contributed by atoms with E-state index in [0.29, 0.717) is 0 Å². The summed E-state index contributed by atoms with van der Waals surface area (Å²) in [5.41, 5.74) is 0.257. The lowest BCUT2D eigenvalue weighted by molar-refractivity contribution is 0.566. The number of nitrogens with zero attached hydrogens (tertiary/aromatic N) is 6. The predicted molar refractivity (Wildman–Crippen MR) is 131 cm³/mol. The molecule has 3 rings (SSSR count). The Bertz CT molecular complexity index is 1360. The molecule has 1 atom stereocenters. The molecule has 11 nitrogen and oxygen atoms in total. The standard InChI is InChI=1S/C11H10ClFN4O2S.C7H8FN3O2S.2CH4/c1-11(12,9-16-5-8(13)6-17-9)7-20(18,19)10-14-3-2-4-15-10;1-5(4-14(9,12)13)7-10-2-6(8)3-11-7;;/h2-6H,7H2,1H3;2-4H,1H3,(H2,9,12,13);2*1H4/b;5-4+;;. The van der Waals surface area contributed by atoms with Crippen LogP contribution >= 0.6 is 11.6 Å². The van der Waals surface area contributed by atoms with Gasteiger partial charge in [-0.05, 0) is 19.9 Å². The highest BCUT2D eigenvalue weighted by molar-refractivity contribution is 7.92. The summed E-state index contributed by atoms with van der Waals surface area (Å²) in [6.45, 7) is 2.90. The van der Waals surface area contributed by atoms with E-state index in [1.165, 1.54) is 32.3 Å². The number of aromatic nitrogens is 6. The van der Waals surface area contributed by atoms with Crippen LogP contribution in [0.2, 0.25) is 0 Å². The maximum absolute atomic E-state index is 12.8. The van der Waals surface area contributed by atoms with Crippen LogP contribution < -0.4 is 5.14 Å². The van der Waals surface area contributed by atoms with Crippen LogP contribution in [0.25, 0.3) is 5.57 Å². The fourth-order valence-electron chi connectivity index (χ4n) is 2.33. The summed E-state index contributed by atoms with van der Waals surface area (Å²) < 4.78 is 70.8. The Balaban J connectivity index is 0.000000682. The third-order valence-electron chi connectivity index (χ3n) is 3.68. The Morgan fingerprint density at radius 1 is 0.944 bits per heavy atom. The van der Waals surface area contributed by atoms with Crippen LogP contribution in [0.4, 0.5) is 8.78 Å². The minimum Gasteiger partial charge on any atom is -0.236 e. The monoisotopic (exact) mass is 565 g/mol. The molecule has 3 aromatic rings. The van der Waals surface area contributed by atoms with Gasteiger partial charge in [-0.25, -0.2) is 60.7 Å². The van der Waals surface area contributed by atoms with Gasteiger partial charge in [-0.3, -0.25) is 0 Å². The second-order valence-corrected chi connectivity index (χ2v) is 11.0. The second kappa shape index (κ2) is 13.3. The average Bonchev–Trinajstić information content (AvgIpc) is 2.74. The van der Waals surface area contributed by atoms with Crippen molar-refractivity contribution in [2.75, 3.05) is 5.75 Å². The number of sulfonamides is 1. The van der Waals surface area contributed by atoms with E-state index in [0.717, 1.165) is 30.2 Å². The van der Waals surface area contributed by atoms with Crippen LogP contribution in [0.3, 0.4) is 0 Å². The van der Waals surface area contributed by atoms with Crippen molar-refractivity contribution in [3.05, 3.63) is 71.9 Å². The molecule has 0 aliphatic rings. The minimum absolute atomic E-state index is 0. The van der Waals surface area contributed by atoms with Crippen molar-refractivity contribution < 1.29 is 25.6 Å². The molecule has 3 heterocycles. The van der Waals surface area contributed by atoms with Gasteiger partial charge in [0.1, 0.15) is 10.7 Å². The summed E-state index contributed by atoms with van der Waals surface area (Å²) in [5, 5.41) is 5.26. The van der Waals surface area contributed by atoms with Crippen molar-refractivity contribution in [3.63, 3.8) is 0 Å². The van der Waals surface area contributed by atoms with Crippen molar-refractivity contribution >= 4 is 37.0 Å². The summed E-state index contributed by atoms with van der Waals surface area (Å²) in [5.74, 6) is -1.58. The number of sulfone groups is 1. The lowest BCUT2D eigenvalue weighted by Crippen LogP contribution is -2.29. The molecule has 0 radical (unpaired) electrons. The minimum atomic E-state index is -3.80. The van der Waals surface area contributed by atoms with Gasteiger partial charge in [-0.2, -0.15) is 0 Å². The second-order valence-electron chi connectivity index (χ2n) is 6.83. The van der Waals surface area contributed by atoms with E-state index < -0.39 is 42.1 Å². The molecule has 2 N–H and O–H groups in total. The van der Waals surface area contributed by atoms with Gasteiger partial charge in [0.15, 0.2) is 17.5 Å². The van der Waals surface area contributed by atoms with E-state index >= 15 is 0 Å². The molecule has 0 aliphatic carbocycles. The number of halogens is 3. The molecule has 0 aliphatic heterocycles. The Hall–Kier alpha value is -3.01. The van der Waals surface area contributed by atoms with Crippen LogP contribution in [0, 0.1) is 11.6 Å². The molecule has 36 heavy (non-hydrogen) atoms. The van der Waals surface area contributed by atoms with Crippen molar-refractivity contribution in [1.82, 2.24) is 29.9 Å². The zero-order chi connectivity index (χ0) is 25.6. The molecule has 0 bridgehead atoms. The Labute approximate surface area is 213 Å². The number of rotatable bonds is 6. The number of primary sulfonamides is 1. The van der Waals surface area contributed by atoms with Gasteiger partial charge in [0.05, 0.1) is 35.9 Å². The normalized spacial score (nSPS) is 13.2. The van der Waals surface area contributed by atoms with E-state index in [1.807, 2.05) is 0 Å². The number of hydrogen-bond acceptors (Lipinski definition) is 10. The zero-order valence-corrected chi connectivity index (χ0v) is 20.1. The van der Waals surface area contributed by atoms with Crippen molar-refractivity contribution in [2.45, 2.75) is 38.7 Å². The first-order chi connectivity index (χ1) is 15.7. The third-order valence-corrected chi connectivity index (χ3v) is 6.55. The summed E-state index contributed by atoms with van der Waals surface area (Å²) in [6.07, 6.45) is 6.38. The highest BCUT2D eigenvalue weighted by Gasteiger charge is 2.35. The lowest BCUT2D eigenvalue weighted by Gasteiger charge is -2.19. The molecule has 0 saturated carbocycles. The van der Waals surface area contributed by atoms with Crippen LogP contribution in [-0.4, -0.2) is 52.5 Å². The SMILES string of the molecule is C.C.C/C(=C\S(N)(=O)=O)c1ncc(F)cn1.CC(Cl)(CS(=O)(=O)c1ncccn1)c1ncc(F)cn1. The van der Waals surface area contributed by atoms with Gasteiger partial charge in [-0.15, -0.1) is 11.6 Å². The average molecular weight is 566 g/mol. The number of alkyl halides is 1. The van der Waals surface area contributed by atoms with Gasteiger partial charge < -0.3 is 0 Å². The molecule has 16 heteroatoms. The van der Waals surface area contributed by atoms with E-state index in [1.54, 1.807) is 0 Å². The van der Waals surface area contributed by atoms with Crippen LogP contribution in [-0.2, 0) is 24.7 Å². The quantitative estimate of drug-likeness (QED) is 0.346. The Morgan fingerprint density at radius 2 is 1.39 bits per heavy atom. The molecular formula is C20H26ClF2N7O4S2. The molecule has 3 aromatic heterocycles. The van der Waals surface area contributed by atoms with Gasteiger partial charge in [0, 0.05) is 18.0 Å². The molecule has 0 fully saturated rings. The fraction of sp³-hybridized carbons (Fsp3) is 0.300. The largest absolute Gasteiger partial charge is 0.247 e. The number of nitrogens with two attached hydrogens (primary N) is 1. The van der Waals surface area contributed by atoms with Crippen molar-refractivity contribution in [2.24, 2.45) is 5.14 Å². The number of hydrogen-bond donors (Lipinski definition) is 1. The number of allylic oxidation sites excluding steroid dienone is 1. The molecule has 198 valence electrons. The summed E-state index contributed by atoms with van der Waals surface area (Å²) in [4.78, 5) is 20.5.